The topological polar surface area (TPSA) is 121 Å². The van der Waals surface area contributed by atoms with Crippen molar-refractivity contribution in [2.75, 3.05) is 6.61 Å². The summed E-state index contributed by atoms with van der Waals surface area (Å²) < 4.78 is 5.97. The average molecular weight is 217 g/mol. The van der Waals surface area contributed by atoms with Gasteiger partial charge in [0.15, 0.2) is 6.23 Å². The maximum atomic E-state index is 11.2. The van der Waals surface area contributed by atoms with Crippen LogP contribution < -0.4 is 5.69 Å². The van der Waals surface area contributed by atoms with Crippen LogP contribution in [0.25, 0.3) is 0 Å². The number of aromatic nitrogens is 3. The normalized spacial score (nSPS) is 35.9. The van der Waals surface area contributed by atoms with Gasteiger partial charge in [0.2, 0.25) is 0 Å². The molecule has 0 saturated carbocycles. The molecule has 84 valence electrons. The third-order valence-corrected chi connectivity index (χ3v) is 2.34. The lowest BCUT2D eigenvalue weighted by Crippen LogP contribution is -2.35. The number of rotatable bonds is 2. The van der Waals surface area contributed by atoms with E-state index in [-0.39, 0.29) is 0 Å². The first-order chi connectivity index (χ1) is 7.15. The summed E-state index contributed by atoms with van der Waals surface area (Å²) in [5.41, 5.74) is -0.551. The summed E-state index contributed by atoms with van der Waals surface area (Å²) in [4.78, 5) is 13.4. The molecule has 0 spiro atoms. The predicted molar refractivity (Wildman–Crippen MR) is 45.9 cm³/mol. The number of aliphatic hydroxyl groups excluding tert-OH is 3. The fourth-order valence-corrected chi connectivity index (χ4v) is 1.53. The summed E-state index contributed by atoms with van der Waals surface area (Å²) in [6.45, 7) is -0.437. The lowest BCUT2D eigenvalue weighted by atomic mass is 10.1. The van der Waals surface area contributed by atoms with Crippen LogP contribution in [0.15, 0.2) is 11.1 Å². The highest BCUT2D eigenvalue weighted by atomic mass is 16.6. The summed E-state index contributed by atoms with van der Waals surface area (Å²) in [7, 11) is 0. The molecule has 0 radical (unpaired) electrons. The molecule has 15 heavy (non-hydrogen) atoms. The Hall–Kier alpha value is -1.22. The second-order valence-corrected chi connectivity index (χ2v) is 3.27. The quantitative estimate of drug-likeness (QED) is 0.424. The van der Waals surface area contributed by atoms with Crippen LogP contribution in [0.2, 0.25) is 0 Å². The minimum absolute atomic E-state index is 0.437. The summed E-state index contributed by atoms with van der Waals surface area (Å²) in [5.74, 6) is 0. The lowest BCUT2D eigenvalue weighted by molar-refractivity contribution is -0.0604. The van der Waals surface area contributed by atoms with Gasteiger partial charge in [0.05, 0.1) is 6.61 Å². The molecule has 0 bridgehead atoms. The van der Waals surface area contributed by atoms with Crippen LogP contribution in [-0.4, -0.2) is 55.0 Å². The molecule has 0 aliphatic carbocycles. The molecule has 8 nitrogen and oxygen atoms in total. The van der Waals surface area contributed by atoms with Crippen molar-refractivity contribution >= 4 is 0 Å². The van der Waals surface area contributed by atoms with E-state index in [2.05, 4.69) is 10.1 Å². The van der Waals surface area contributed by atoms with E-state index in [1.807, 2.05) is 0 Å². The summed E-state index contributed by atoms with van der Waals surface area (Å²) in [6.07, 6.45) is -3.35. The van der Waals surface area contributed by atoms with Crippen molar-refractivity contribution in [3.63, 3.8) is 0 Å². The van der Waals surface area contributed by atoms with Gasteiger partial charge < -0.3 is 20.1 Å². The SMILES string of the molecule is O=c1[nH]cnn1C1OC(CO)C(O)C1O. The highest BCUT2D eigenvalue weighted by Gasteiger charge is 2.44. The van der Waals surface area contributed by atoms with Crippen molar-refractivity contribution in [1.29, 1.82) is 0 Å². The number of ether oxygens (including phenoxy) is 1. The van der Waals surface area contributed by atoms with Crippen molar-refractivity contribution < 1.29 is 20.1 Å². The van der Waals surface area contributed by atoms with E-state index in [1.54, 1.807) is 0 Å². The van der Waals surface area contributed by atoms with E-state index in [0.29, 0.717) is 0 Å². The van der Waals surface area contributed by atoms with Crippen LogP contribution in [0.5, 0.6) is 0 Å². The van der Waals surface area contributed by atoms with Gasteiger partial charge in [-0.25, -0.2) is 4.79 Å². The smallest absolute Gasteiger partial charge is 0.345 e. The number of hydrogen-bond acceptors (Lipinski definition) is 6. The third kappa shape index (κ3) is 1.57. The highest BCUT2D eigenvalue weighted by molar-refractivity contribution is 4.88. The van der Waals surface area contributed by atoms with Crippen molar-refractivity contribution in [3.8, 4) is 0 Å². The Kier molecular flexibility index (Phi) is 2.57. The zero-order chi connectivity index (χ0) is 11.0. The second kappa shape index (κ2) is 3.74. The molecule has 8 heteroatoms. The first-order valence-electron chi connectivity index (χ1n) is 4.40. The Morgan fingerprint density at radius 1 is 1.53 bits per heavy atom. The van der Waals surface area contributed by atoms with Crippen molar-refractivity contribution in [2.45, 2.75) is 24.5 Å². The minimum atomic E-state index is -1.29. The van der Waals surface area contributed by atoms with Gasteiger partial charge in [-0.1, -0.05) is 0 Å². The Morgan fingerprint density at radius 2 is 2.27 bits per heavy atom. The van der Waals surface area contributed by atoms with E-state index in [9.17, 15) is 15.0 Å². The maximum Gasteiger partial charge on any atom is 0.345 e. The molecule has 1 aliphatic rings. The lowest BCUT2D eigenvalue weighted by Gasteiger charge is -2.12. The van der Waals surface area contributed by atoms with Crippen LogP contribution in [0.4, 0.5) is 0 Å². The Balaban J connectivity index is 2.26. The van der Waals surface area contributed by atoms with Crippen LogP contribution in [0.3, 0.4) is 0 Å². The summed E-state index contributed by atoms with van der Waals surface area (Å²) >= 11 is 0. The number of hydrogen-bond donors (Lipinski definition) is 4. The molecule has 2 rings (SSSR count). The molecule has 1 saturated heterocycles. The predicted octanol–water partition coefficient (Wildman–Crippen LogP) is -2.82. The van der Waals surface area contributed by atoms with Gasteiger partial charge in [-0.3, -0.25) is 4.98 Å². The van der Waals surface area contributed by atoms with E-state index < -0.39 is 36.8 Å². The van der Waals surface area contributed by atoms with E-state index in [4.69, 9.17) is 9.84 Å². The van der Waals surface area contributed by atoms with Crippen molar-refractivity contribution in [1.82, 2.24) is 14.8 Å². The summed E-state index contributed by atoms with van der Waals surface area (Å²) in [5, 5.41) is 31.4. The molecule has 1 aromatic rings. The van der Waals surface area contributed by atoms with E-state index in [1.165, 1.54) is 0 Å². The molecule has 1 aromatic heterocycles. The Bertz CT molecular complexity index is 388. The highest BCUT2D eigenvalue weighted by Crippen LogP contribution is 2.27. The fourth-order valence-electron chi connectivity index (χ4n) is 1.53. The van der Waals surface area contributed by atoms with Gasteiger partial charge in [0.1, 0.15) is 24.6 Å². The van der Waals surface area contributed by atoms with E-state index >= 15 is 0 Å². The standard InChI is InChI=1S/C7H11N3O5/c11-1-3-4(12)5(13)6(15-3)10-7(14)8-2-9-10/h2-6,11-13H,1H2,(H,8,9,14). The summed E-state index contributed by atoms with van der Waals surface area (Å²) in [6, 6.07) is 0. The molecular weight excluding hydrogens is 206 g/mol. The number of aromatic amines is 1. The van der Waals surface area contributed by atoms with Crippen molar-refractivity contribution in [2.24, 2.45) is 0 Å². The van der Waals surface area contributed by atoms with Gasteiger partial charge >= 0.3 is 5.69 Å². The molecule has 4 atom stereocenters. The number of H-pyrrole nitrogens is 1. The van der Waals surface area contributed by atoms with Crippen LogP contribution in [0.1, 0.15) is 6.23 Å². The molecular formula is C7H11N3O5. The Morgan fingerprint density at radius 3 is 2.73 bits per heavy atom. The fraction of sp³-hybridized carbons (Fsp3) is 0.714. The number of nitrogens with one attached hydrogen (secondary N) is 1. The first-order valence-corrected chi connectivity index (χ1v) is 4.40. The molecule has 4 unspecified atom stereocenters. The Labute approximate surface area is 83.7 Å². The zero-order valence-electron chi connectivity index (χ0n) is 7.65. The van der Waals surface area contributed by atoms with Gasteiger partial charge in [-0.05, 0) is 0 Å². The molecule has 1 aliphatic heterocycles. The average Bonchev–Trinajstić information content (AvgIpc) is 2.74. The van der Waals surface area contributed by atoms with Crippen LogP contribution >= 0.6 is 0 Å². The van der Waals surface area contributed by atoms with Gasteiger partial charge in [0, 0.05) is 0 Å². The maximum absolute atomic E-state index is 11.2. The molecule has 0 amide bonds. The monoisotopic (exact) mass is 217 g/mol. The third-order valence-electron chi connectivity index (χ3n) is 2.34. The molecule has 1 fully saturated rings. The van der Waals surface area contributed by atoms with Crippen molar-refractivity contribution in [3.05, 3.63) is 16.8 Å². The minimum Gasteiger partial charge on any atom is -0.394 e. The number of nitrogens with zero attached hydrogens (tertiary/aromatic N) is 2. The van der Waals surface area contributed by atoms with Crippen LogP contribution in [0, 0.1) is 0 Å². The van der Waals surface area contributed by atoms with E-state index in [0.717, 1.165) is 11.0 Å². The first kappa shape index (κ1) is 10.3. The molecule has 2 heterocycles. The second-order valence-electron chi connectivity index (χ2n) is 3.27. The van der Waals surface area contributed by atoms with Crippen LogP contribution in [-0.2, 0) is 4.74 Å². The van der Waals surface area contributed by atoms with Gasteiger partial charge in [0.25, 0.3) is 0 Å². The van der Waals surface area contributed by atoms with Gasteiger partial charge in [-0.15, -0.1) is 0 Å². The largest absolute Gasteiger partial charge is 0.394 e. The van der Waals surface area contributed by atoms with Gasteiger partial charge in [-0.2, -0.15) is 9.78 Å². The molecule has 0 aromatic carbocycles. The number of aliphatic hydroxyl groups is 3. The zero-order valence-corrected chi connectivity index (χ0v) is 7.65. The molecule has 4 N–H and O–H groups in total.